The largest absolute Gasteiger partial charge is 0.370 e. The summed E-state index contributed by atoms with van der Waals surface area (Å²) in [4.78, 5) is 22.2. The van der Waals surface area contributed by atoms with E-state index in [4.69, 9.17) is 11.5 Å². The number of hydrogen-bond donors (Lipinski definition) is 2. The molecule has 0 aliphatic rings. The Morgan fingerprint density at radius 1 is 1.07 bits per heavy atom. The molecule has 14 heavy (non-hydrogen) atoms. The molecule has 0 aromatic carbocycles. The first-order valence-electron chi connectivity index (χ1n) is 5.06. The molecule has 0 saturated heterocycles. The lowest BCUT2D eigenvalue weighted by atomic mass is 9.75. The first-order valence-corrected chi connectivity index (χ1v) is 5.06. The smallest absolute Gasteiger partial charge is 0.224 e. The Morgan fingerprint density at radius 2 is 1.50 bits per heavy atom. The highest BCUT2D eigenvalue weighted by atomic mass is 16.2. The molecule has 0 aromatic rings. The van der Waals surface area contributed by atoms with E-state index in [1.54, 1.807) is 0 Å². The molecule has 82 valence electrons. The lowest BCUT2D eigenvalue weighted by Gasteiger charge is -2.28. The van der Waals surface area contributed by atoms with Crippen molar-refractivity contribution in [2.45, 2.75) is 46.0 Å². The Bertz CT molecular complexity index is 208. The summed E-state index contributed by atoms with van der Waals surface area (Å²) in [6.07, 6.45) is 3.01. The summed E-state index contributed by atoms with van der Waals surface area (Å²) in [6.45, 7) is 3.93. The molecular formula is C10H20N2O2. The molecule has 0 rings (SSSR count). The van der Waals surface area contributed by atoms with Gasteiger partial charge in [0.1, 0.15) is 0 Å². The Morgan fingerprint density at radius 3 is 1.71 bits per heavy atom. The van der Waals surface area contributed by atoms with Gasteiger partial charge in [-0.15, -0.1) is 0 Å². The fourth-order valence-corrected chi connectivity index (χ4v) is 1.93. The lowest BCUT2D eigenvalue weighted by molar-refractivity contribution is -0.134. The second kappa shape index (κ2) is 5.62. The number of carbonyl (C=O) groups is 2. The minimum absolute atomic E-state index is 0.0734. The second-order valence-corrected chi connectivity index (χ2v) is 3.79. The number of primary amides is 2. The van der Waals surface area contributed by atoms with Gasteiger partial charge in [0, 0.05) is 6.42 Å². The SMILES string of the molecule is CCCC(CCC)(CC(N)=O)C(N)=O. The monoisotopic (exact) mass is 200 g/mol. The van der Waals surface area contributed by atoms with E-state index in [1.807, 2.05) is 13.8 Å². The third kappa shape index (κ3) is 3.36. The van der Waals surface area contributed by atoms with Gasteiger partial charge in [0.15, 0.2) is 0 Å². The van der Waals surface area contributed by atoms with Crippen molar-refractivity contribution in [3.8, 4) is 0 Å². The van der Waals surface area contributed by atoms with Gasteiger partial charge in [-0.2, -0.15) is 0 Å². The fraction of sp³-hybridized carbons (Fsp3) is 0.800. The maximum atomic E-state index is 11.4. The number of rotatable bonds is 7. The van der Waals surface area contributed by atoms with Gasteiger partial charge in [-0.25, -0.2) is 0 Å². The third-order valence-electron chi connectivity index (χ3n) is 2.49. The molecule has 0 fully saturated rings. The van der Waals surface area contributed by atoms with E-state index in [-0.39, 0.29) is 6.42 Å². The van der Waals surface area contributed by atoms with Crippen molar-refractivity contribution in [1.29, 1.82) is 0 Å². The second-order valence-electron chi connectivity index (χ2n) is 3.79. The van der Waals surface area contributed by atoms with Crippen LogP contribution in [0.2, 0.25) is 0 Å². The van der Waals surface area contributed by atoms with Crippen molar-refractivity contribution < 1.29 is 9.59 Å². The molecule has 0 atom stereocenters. The summed E-state index contributed by atoms with van der Waals surface area (Å²) in [5.41, 5.74) is 9.76. The Kier molecular flexibility index (Phi) is 5.20. The number of amides is 2. The minimum atomic E-state index is -0.713. The molecule has 0 heterocycles. The third-order valence-corrected chi connectivity index (χ3v) is 2.49. The van der Waals surface area contributed by atoms with Crippen LogP contribution in [0.4, 0.5) is 0 Å². The van der Waals surface area contributed by atoms with Crippen LogP contribution < -0.4 is 11.5 Å². The van der Waals surface area contributed by atoms with Gasteiger partial charge in [-0.3, -0.25) is 9.59 Å². The zero-order chi connectivity index (χ0) is 11.2. The molecule has 2 amide bonds. The molecule has 0 spiro atoms. The maximum Gasteiger partial charge on any atom is 0.224 e. The van der Waals surface area contributed by atoms with Crippen LogP contribution in [0.5, 0.6) is 0 Å². The van der Waals surface area contributed by atoms with Crippen LogP contribution in [0.3, 0.4) is 0 Å². The number of nitrogens with two attached hydrogens (primary N) is 2. The number of hydrogen-bond acceptors (Lipinski definition) is 2. The van der Waals surface area contributed by atoms with E-state index in [2.05, 4.69) is 0 Å². The molecular weight excluding hydrogens is 180 g/mol. The summed E-state index contributed by atoms with van der Waals surface area (Å²) in [5.74, 6) is -0.856. The van der Waals surface area contributed by atoms with Crippen molar-refractivity contribution in [3.63, 3.8) is 0 Å². The fourth-order valence-electron chi connectivity index (χ4n) is 1.93. The molecule has 0 radical (unpaired) electrons. The molecule has 0 unspecified atom stereocenters. The van der Waals surface area contributed by atoms with E-state index < -0.39 is 17.2 Å². The van der Waals surface area contributed by atoms with Crippen LogP contribution in [-0.2, 0) is 9.59 Å². The maximum absolute atomic E-state index is 11.4. The van der Waals surface area contributed by atoms with Gasteiger partial charge in [-0.05, 0) is 12.8 Å². The van der Waals surface area contributed by atoms with Crippen molar-refractivity contribution in [3.05, 3.63) is 0 Å². The zero-order valence-corrected chi connectivity index (χ0v) is 9.01. The highest BCUT2D eigenvalue weighted by Crippen LogP contribution is 2.33. The molecule has 0 aliphatic heterocycles. The summed E-state index contributed by atoms with van der Waals surface area (Å²) >= 11 is 0. The highest BCUT2D eigenvalue weighted by Gasteiger charge is 2.36. The van der Waals surface area contributed by atoms with Crippen LogP contribution >= 0.6 is 0 Å². The lowest BCUT2D eigenvalue weighted by Crippen LogP contribution is -2.40. The molecule has 0 saturated carbocycles. The van der Waals surface area contributed by atoms with Gasteiger partial charge in [0.25, 0.3) is 0 Å². The average molecular weight is 200 g/mol. The normalized spacial score (nSPS) is 11.3. The van der Waals surface area contributed by atoms with Crippen molar-refractivity contribution in [1.82, 2.24) is 0 Å². The average Bonchev–Trinajstić information content (AvgIpc) is 2.03. The van der Waals surface area contributed by atoms with Crippen LogP contribution in [0.1, 0.15) is 46.0 Å². The first-order chi connectivity index (χ1) is 6.48. The van der Waals surface area contributed by atoms with Crippen molar-refractivity contribution in [2.75, 3.05) is 0 Å². The van der Waals surface area contributed by atoms with Crippen LogP contribution in [-0.4, -0.2) is 11.8 Å². The summed E-state index contributed by atoms with van der Waals surface area (Å²) < 4.78 is 0. The summed E-state index contributed by atoms with van der Waals surface area (Å²) in [6, 6.07) is 0. The quantitative estimate of drug-likeness (QED) is 0.640. The Balaban J connectivity index is 4.73. The molecule has 0 aromatic heterocycles. The standard InChI is InChI=1S/C10H20N2O2/c1-3-5-10(6-4-2,9(12)14)7-8(11)13/h3-7H2,1-2H3,(H2,11,13)(H2,12,14). The van der Waals surface area contributed by atoms with Gasteiger partial charge in [0.2, 0.25) is 11.8 Å². The van der Waals surface area contributed by atoms with E-state index in [0.29, 0.717) is 12.8 Å². The van der Waals surface area contributed by atoms with Crippen LogP contribution in [0.25, 0.3) is 0 Å². The molecule has 0 aliphatic carbocycles. The minimum Gasteiger partial charge on any atom is -0.370 e. The van der Waals surface area contributed by atoms with Crippen LogP contribution in [0, 0.1) is 5.41 Å². The highest BCUT2D eigenvalue weighted by molar-refractivity contribution is 5.87. The predicted octanol–water partition coefficient (Wildman–Crippen LogP) is 0.934. The molecule has 4 N–H and O–H groups in total. The van der Waals surface area contributed by atoms with Gasteiger partial charge in [-0.1, -0.05) is 26.7 Å². The van der Waals surface area contributed by atoms with Crippen molar-refractivity contribution >= 4 is 11.8 Å². The number of carbonyl (C=O) groups excluding carboxylic acids is 2. The van der Waals surface area contributed by atoms with Gasteiger partial charge in [0.05, 0.1) is 5.41 Å². The van der Waals surface area contributed by atoms with E-state index in [1.165, 1.54) is 0 Å². The molecule has 4 nitrogen and oxygen atoms in total. The van der Waals surface area contributed by atoms with E-state index in [9.17, 15) is 9.59 Å². The first kappa shape index (κ1) is 12.9. The topological polar surface area (TPSA) is 86.2 Å². The Labute approximate surface area is 85.0 Å². The van der Waals surface area contributed by atoms with Crippen molar-refractivity contribution in [2.24, 2.45) is 16.9 Å². The Hall–Kier alpha value is -1.06. The molecule has 4 heteroatoms. The summed E-state index contributed by atoms with van der Waals surface area (Å²) in [5, 5.41) is 0. The van der Waals surface area contributed by atoms with Crippen LogP contribution in [0.15, 0.2) is 0 Å². The predicted molar refractivity (Wildman–Crippen MR) is 55.3 cm³/mol. The van der Waals surface area contributed by atoms with Gasteiger partial charge < -0.3 is 11.5 Å². The molecule has 0 bridgehead atoms. The van der Waals surface area contributed by atoms with Gasteiger partial charge >= 0.3 is 0 Å². The zero-order valence-electron chi connectivity index (χ0n) is 9.01. The van der Waals surface area contributed by atoms with E-state index >= 15 is 0 Å². The summed E-state index contributed by atoms with van der Waals surface area (Å²) in [7, 11) is 0. The van der Waals surface area contributed by atoms with E-state index in [0.717, 1.165) is 12.8 Å².